The molecule has 0 saturated heterocycles. The Balaban J connectivity index is 2.93. The average Bonchev–Trinajstić information content (AvgIpc) is 2.80. The summed E-state index contributed by atoms with van der Waals surface area (Å²) in [6.45, 7) is 11.2. The molecule has 0 fully saturated rings. The maximum absolute atomic E-state index is 12.5. The van der Waals surface area contributed by atoms with Gasteiger partial charge in [-0.3, -0.25) is 5.10 Å². The summed E-state index contributed by atoms with van der Waals surface area (Å²) in [6.07, 6.45) is 1.93. The Labute approximate surface area is 128 Å². The molecule has 7 heteroatoms. The summed E-state index contributed by atoms with van der Waals surface area (Å²) in [5.41, 5.74) is 1.50. The molecule has 3 N–H and O–H groups in total. The zero-order valence-corrected chi connectivity index (χ0v) is 14.5. The van der Waals surface area contributed by atoms with Crippen molar-refractivity contribution in [2.75, 3.05) is 6.54 Å². The summed E-state index contributed by atoms with van der Waals surface area (Å²) >= 11 is 0. The molecule has 0 aliphatic heterocycles. The largest absolute Gasteiger partial charge is 0.313 e. The molecular formula is C14H28N4O2S. The normalized spacial score (nSPS) is 15.1. The van der Waals surface area contributed by atoms with E-state index in [4.69, 9.17) is 0 Å². The Morgan fingerprint density at radius 3 is 2.52 bits per heavy atom. The third-order valence-corrected chi connectivity index (χ3v) is 5.39. The minimum absolute atomic E-state index is 0.110. The van der Waals surface area contributed by atoms with Crippen molar-refractivity contribution in [3.8, 4) is 0 Å². The number of nitrogens with zero attached hydrogens (tertiary/aromatic N) is 1. The van der Waals surface area contributed by atoms with Gasteiger partial charge in [-0.15, -0.1) is 0 Å². The molecule has 0 saturated carbocycles. The standard InChI is InChI=1S/C14H28N4O2S/c1-6-8-15-9-13-12(5)16-17-14(13)21(19,20)18-11(4)10(3)7-2/h10-11,15,18H,6-9H2,1-5H3,(H,16,17). The zero-order valence-electron chi connectivity index (χ0n) is 13.7. The molecule has 1 aromatic rings. The predicted octanol–water partition coefficient (Wildman–Crippen LogP) is 1.93. The first kappa shape index (κ1) is 18.1. The zero-order chi connectivity index (χ0) is 16.0. The summed E-state index contributed by atoms with van der Waals surface area (Å²) in [4.78, 5) is 0. The quantitative estimate of drug-likeness (QED) is 0.608. The third kappa shape index (κ3) is 4.79. The van der Waals surface area contributed by atoms with Crippen LogP contribution in [0.1, 0.15) is 51.8 Å². The second-order valence-electron chi connectivity index (χ2n) is 5.60. The van der Waals surface area contributed by atoms with Gasteiger partial charge < -0.3 is 5.32 Å². The SMILES string of the molecule is CCCNCc1c(S(=O)(=O)NC(C)C(C)CC)n[nH]c1C. The molecule has 2 atom stereocenters. The van der Waals surface area contributed by atoms with Crippen LogP contribution in [0.15, 0.2) is 5.03 Å². The van der Waals surface area contributed by atoms with Gasteiger partial charge in [0.25, 0.3) is 10.0 Å². The third-order valence-electron chi connectivity index (χ3n) is 3.86. The summed E-state index contributed by atoms with van der Waals surface area (Å²) in [5, 5.41) is 10.1. The van der Waals surface area contributed by atoms with Crippen LogP contribution in [-0.2, 0) is 16.6 Å². The van der Waals surface area contributed by atoms with Crippen molar-refractivity contribution >= 4 is 10.0 Å². The second kappa shape index (κ2) is 7.91. The monoisotopic (exact) mass is 316 g/mol. The minimum Gasteiger partial charge on any atom is -0.313 e. The maximum Gasteiger partial charge on any atom is 0.260 e. The van der Waals surface area contributed by atoms with E-state index < -0.39 is 10.0 Å². The van der Waals surface area contributed by atoms with Crippen molar-refractivity contribution in [2.45, 2.75) is 65.1 Å². The molecule has 0 amide bonds. The molecule has 0 bridgehead atoms. The van der Waals surface area contributed by atoms with E-state index in [9.17, 15) is 8.42 Å². The second-order valence-corrected chi connectivity index (χ2v) is 7.23. The number of sulfonamides is 1. The van der Waals surface area contributed by atoms with E-state index >= 15 is 0 Å². The summed E-state index contributed by atoms with van der Waals surface area (Å²) < 4.78 is 27.7. The fourth-order valence-corrected chi connectivity index (χ4v) is 3.57. The van der Waals surface area contributed by atoms with Crippen LogP contribution in [0, 0.1) is 12.8 Å². The lowest BCUT2D eigenvalue weighted by Gasteiger charge is -2.19. The van der Waals surface area contributed by atoms with Gasteiger partial charge in [-0.1, -0.05) is 27.2 Å². The Morgan fingerprint density at radius 2 is 1.95 bits per heavy atom. The van der Waals surface area contributed by atoms with Gasteiger partial charge >= 0.3 is 0 Å². The van der Waals surface area contributed by atoms with E-state index in [1.165, 1.54) is 0 Å². The highest BCUT2D eigenvalue weighted by Gasteiger charge is 2.26. The molecule has 1 aromatic heterocycles. The number of nitrogens with one attached hydrogen (secondary N) is 3. The number of aromatic nitrogens is 2. The van der Waals surface area contributed by atoms with Gasteiger partial charge in [-0.2, -0.15) is 5.10 Å². The minimum atomic E-state index is -3.59. The number of hydrogen-bond donors (Lipinski definition) is 3. The van der Waals surface area contributed by atoms with Gasteiger partial charge in [-0.25, -0.2) is 13.1 Å². The summed E-state index contributed by atoms with van der Waals surface area (Å²) in [6, 6.07) is -0.117. The van der Waals surface area contributed by atoms with E-state index in [-0.39, 0.29) is 17.0 Å². The Morgan fingerprint density at radius 1 is 1.29 bits per heavy atom. The van der Waals surface area contributed by atoms with Crippen LogP contribution in [0.2, 0.25) is 0 Å². The summed E-state index contributed by atoms with van der Waals surface area (Å²) in [7, 11) is -3.59. The van der Waals surface area contributed by atoms with Crippen LogP contribution in [0.5, 0.6) is 0 Å². The molecule has 0 aliphatic rings. The Hall–Kier alpha value is -0.920. The number of H-pyrrole nitrogens is 1. The van der Waals surface area contributed by atoms with E-state index in [2.05, 4.69) is 27.2 Å². The van der Waals surface area contributed by atoms with Gasteiger partial charge in [0.1, 0.15) is 0 Å². The molecule has 0 radical (unpaired) electrons. The fraction of sp³-hybridized carbons (Fsp3) is 0.786. The van der Waals surface area contributed by atoms with Crippen LogP contribution < -0.4 is 10.0 Å². The predicted molar refractivity (Wildman–Crippen MR) is 84.6 cm³/mol. The first-order valence-corrected chi connectivity index (χ1v) is 9.08. The van der Waals surface area contributed by atoms with Gasteiger partial charge in [0.05, 0.1) is 0 Å². The van der Waals surface area contributed by atoms with Crippen molar-refractivity contribution in [3.05, 3.63) is 11.3 Å². The molecule has 2 unspecified atom stereocenters. The van der Waals surface area contributed by atoms with Crippen LogP contribution in [0.3, 0.4) is 0 Å². The molecule has 122 valence electrons. The number of rotatable bonds is 9. The van der Waals surface area contributed by atoms with Crippen molar-refractivity contribution in [3.63, 3.8) is 0 Å². The van der Waals surface area contributed by atoms with Crippen LogP contribution in [0.4, 0.5) is 0 Å². The van der Waals surface area contributed by atoms with Crippen molar-refractivity contribution in [2.24, 2.45) is 5.92 Å². The molecule has 0 aromatic carbocycles. The maximum atomic E-state index is 12.5. The van der Waals surface area contributed by atoms with Crippen LogP contribution in [0.25, 0.3) is 0 Å². The van der Waals surface area contributed by atoms with Crippen molar-refractivity contribution in [1.82, 2.24) is 20.2 Å². The Kier molecular flexibility index (Phi) is 6.83. The Bertz CT molecular complexity index is 539. The van der Waals surface area contributed by atoms with Crippen LogP contribution >= 0.6 is 0 Å². The molecule has 0 spiro atoms. The molecule has 1 heterocycles. The van der Waals surface area contributed by atoms with Gasteiger partial charge in [0, 0.05) is 23.8 Å². The lowest BCUT2D eigenvalue weighted by molar-refractivity contribution is 0.433. The number of hydrogen-bond acceptors (Lipinski definition) is 4. The van der Waals surface area contributed by atoms with Crippen molar-refractivity contribution in [1.29, 1.82) is 0 Å². The van der Waals surface area contributed by atoms with E-state index in [0.717, 1.165) is 25.1 Å². The molecule has 0 aliphatic carbocycles. The van der Waals surface area contributed by atoms with E-state index in [1.54, 1.807) is 0 Å². The topological polar surface area (TPSA) is 86.9 Å². The lowest BCUT2D eigenvalue weighted by atomic mass is 10.0. The number of aryl methyl sites for hydroxylation is 1. The van der Waals surface area contributed by atoms with E-state index in [1.807, 2.05) is 27.7 Å². The highest BCUT2D eigenvalue weighted by molar-refractivity contribution is 7.89. The number of aromatic amines is 1. The fourth-order valence-electron chi connectivity index (χ4n) is 2.02. The lowest BCUT2D eigenvalue weighted by Crippen LogP contribution is -2.37. The summed E-state index contributed by atoms with van der Waals surface area (Å²) in [5.74, 6) is 0.279. The van der Waals surface area contributed by atoms with Gasteiger partial charge in [0.15, 0.2) is 5.03 Å². The molecular weight excluding hydrogens is 288 g/mol. The highest BCUT2D eigenvalue weighted by Crippen LogP contribution is 2.18. The smallest absolute Gasteiger partial charge is 0.260 e. The van der Waals surface area contributed by atoms with Crippen LogP contribution in [-0.4, -0.2) is 31.2 Å². The van der Waals surface area contributed by atoms with Crippen molar-refractivity contribution < 1.29 is 8.42 Å². The van der Waals surface area contributed by atoms with E-state index in [0.29, 0.717) is 12.1 Å². The average molecular weight is 316 g/mol. The molecule has 21 heavy (non-hydrogen) atoms. The first-order chi connectivity index (χ1) is 9.83. The van der Waals surface area contributed by atoms with Gasteiger partial charge in [-0.05, 0) is 32.7 Å². The highest BCUT2D eigenvalue weighted by atomic mass is 32.2. The molecule has 6 nitrogen and oxygen atoms in total. The first-order valence-electron chi connectivity index (χ1n) is 7.60. The van der Waals surface area contributed by atoms with Gasteiger partial charge in [0.2, 0.25) is 0 Å². The molecule has 1 rings (SSSR count).